The third kappa shape index (κ3) is 2.94. The van der Waals surface area contributed by atoms with Crippen LogP contribution in [0.2, 0.25) is 0 Å². The number of nitriles is 1. The molecule has 1 aromatic heterocycles. The summed E-state index contributed by atoms with van der Waals surface area (Å²) >= 11 is 1.14. The van der Waals surface area contributed by atoms with Gasteiger partial charge >= 0.3 is 5.97 Å². The lowest BCUT2D eigenvalue weighted by atomic mass is 10.0. The number of anilines is 1. The SMILES string of the molecule is COc1cccc(-c2c(C(=O)O)sc(N3CCOCC3)c2C#N)c1. The Hall–Kier alpha value is -2.56. The molecule has 0 aliphatic carbocycles. The second kappa shape index (κ2) is 6.91. The van der Waals surface area contributed by atoms with Crippen LogP contribution in [0.5, 0.6) is 5.75 Å². The number of morpholine rings is 1. The number of nitrogens with zero attached hydrogens (tertiary/aromatic N) is 2. The van der Waals surface area contributed by atoms with E-state index in [9.17, 15) is 15.2 Å². The Morgan fingerprint density at radius 2 is 2.17 bits per heavy atom. The Morgan fingerprint density at radius 1 is 1.42 bits per heavy atom. The van der Waals surface area contributed by atoms with E-state index < -0.39 is 5.97 Å². The summed E-state index contributed by atoms with van der Waals surface area (Å²) in [6.45, 7) is 2.43. The van der Waals surface area contributed by atoms with E-state index in [-0.39, 0.29) is 4.88 Å². The summed E-state index contributed by atoms with van der Waals surface area (Å²) in [6, 6.07) is 9.31. The van der Waals surface area contributed by atoms with Crippen molar-refractivity contribution in [1.82, 2.24) is 0 Å². The van der Waals surface area contributed by atoms with Crippen molar-refractivity contribution in [3.8, 4) is 22.9 Å². The van der Waals surface area contributed by atoms with Gasteiger partial charge in [0.15, 0.2) is 0 Å². The largest absolute Gasteiger partial charge is 0.497 e. The first-order chi connectivity index (χ1) is 11.7. The maximum atomic E-state index is 11.7. The van der Waals surface area contributed by atoms with Crippen LogP contribution in [0.1, 0.15) is 15.2 Å². The molecule has 2 heterocycles. The third-order valence-electron chi connectivity index (χ3n) is 3.85. The minimum Gasteiger partial charge on any atom is -0.497 e. The Kier molecular flexibility index (Phi) is 4.69. The predicted octanol–water partition coefficient (Wildman–Crippen LogP) is 2.83. The van der Waals surface area contributed by atoms with Crippen molar-refractivity contribution < 1.29 is 19.4 Å². The van der Waals surface area contributed by atoms with Crippen LogP contribution >= 0.6 is 11.3 Å². The van der Waals surface area contributed by atoms with Crippen LogP contribution < -0.4 is 9.64 Å². The van der Waals surface area contributed by atoms with Gasteiger partial charge < -0.3 is 19.5 Å². The number of rotatable bonds is 4. The van der Waals surface area contributed by atoms with Gasteiger partial charge in [-0.25, -0.2) is 4.79 Å². The molecule has 24 heavy (non-hydrogen) atoms. The molecule has 3 rings (SSSR count). The number of aromatic carboxylic acids is 1. The number of benzene rings is 1. The summed E-state index contributed by atoms with van der Waals surface area (Å²) in [5, 5.41) is 20.0. The normalized spacial score (nSPS) is 14.2. The van der Waals surface area contributed by atoms with Crippen molar-refractivity contribution in [2.75, 3.05) is 38.3 Å². The maximum absolute atomic E-state index is 11.7. The second-order valence-electron chi connectivity index (χ2n) is 5.23. The number of thiophene rings is 1. The Bertz CT molecular complexity index is 803. The first-order valence-electron chi connectivity index (χ1n) is 7.43. The van der Waals surface area contributed by atoms with Gasteiger partial charge in [0.1, 0.15) is 21.7 Å². The average molecular weight is 344 g/mol. The number of hydrogen-bond donors (Lipinski definition) is 1. The topological polar surface area (TPSA) is 82.8 Å². The summed E-state index contributed by atoms with van der Waals surface area (Å²) in [6.07, 6.45) is 0. The third-order valence-corrected chi connectivity index (χ3v) is 5.09. The Morgan fingerprint density at radius 3 is 2.79 bits per heavy atom. The van der Waals surface area contributed by atoms with Crippen molar-refractivity contribution >= 4 is 22.3 Å². The van der Waals surface area contributed by atoms with E-state index in [0.29, 0.717) is 53.7 Å². The van der Waals surface area contributed by atoms with Crippen molar-refractivity contribution in [3.63, 3.8) is 0 Å². The summed E-state index contributed by atoms with van der Waals surface area (Å²) in [4.78, 5) is 13.9. The van der Waals surface area contributed by atoms with Crippen molar-refractivity contribution in [2.45, 2.75) is 0 Å². The van der Waals surface area contributed by atoms with E-state index in [2.05, 4.69) is 6.07 Å². The fraction of sp³-hybridized carbons (Fsp3) is 0.294. The van der Waals surface area contributed by atoms with Gasteiger partial charge in [-0.15, -0.1) is 11.3 Å². The second-order valence-corrected chi connectivity index (χ2v) is 6.23. The van der Waals surface area contributed by atoms with Gasteiger partial charge in [-0.2, -0.15) is 5.26 Å². The van der Waals surface area contributed by atoms with E-state index in [4.69, 9.17) is 9.47 Å². The van der Waals surface area contributed by atoms with Crippen LogP contribution in [0.25, 0.3) is 11.1 Å². The van der Waals surface area contributed by atoms with E-state index in [0.717, 1.165) is 11.3 Å². The van der Waals surface area contributed by atoms with Crippen LogP contribution in [-0.4, -0.2) is 44.5 Å². The quantitative estimate of drug-likeness (QED) is 0.918. The summed E-state index contributed by atoms with van der Waals surface area (Å²) in [5.41, 5.74) is 1.52. The zero-order chi connectivity index (χ0) is 17.1. The molecule has 0 radical (unpaired) electrons. The first kappa shape index (κ1) is 16.3. The summed E-state index contributed by atoms with van der Waals surface area (Å²) < 4.78 is 10.6. The maximum Gasteiger partial charge on any atom is 0.346 e. The van der Waals surface area contributed by atoms with Gasteiger partial charge in [0, 0.05) is 18.7 Å². The first-order valence-corrected chi connectivity index (χ1v) is 8.24. The molecule has 1 aliphatic heterocycles. The Balaban J connectivity index is 2.17. The lowest BCUT2D eigenvalue weighted by molar-refractivity contribution is 0.0703. The van der Waals surface area contributed by atoms with Gasteiger partial charge in [-0.1, -0.05) is 12.1 Å². The lowest BCUT2D eigenvalue weighted by Gasteiger charge is -2.27. The molecule has 1 aromatic carbocycles. The van der Waals surface area contributed by atoms with Crippen LogP contribution in [0, 0.1) is 11.3 Å². The van der Waals surface area contributed by atoms with E-state index in [1.165, 1.54) is 0 Å². The molecule has 0 spiro atoms. The average Bonchev–Trinajstić information content (AvgIpc) is 3.02. The number of ether oxygens (including phenoxy) is 2. The molecule has 1 fully saturated rings. The van der Waals surface area contributed by atoms with Crippen LogP contribution in [-0.2, 0) is 4.74 Å². The van der Waals surface area contributed by atoms with Crippen molar-refractivity contribution in [3.05, 3.63) is 34.7 Å². The molecular weight excluding hydrogens is 328 g/mol. The van der Waals surface area contributed by atoms with E-state index >= 15 is 0 Å². The molecule has 0 unspecified atom stereocenters. The number of carboxylic acid groups (broad SMARTS) is 1. The molecule has 0 saturated carbocycles. The molecule has 6 nitrogen and oxygen atoms in total. The molecule has 2 aromatic rings. The highest BCUT2D eigenvalue weighted by molar-refractivity contribution is 7.18. The van der Waals surface area contributed by atoms with Gasteiger partial charge in [-0.3, -0.25) is 0 Å². The number of carbonyl (C=O) groups is 1. The summed E-state index contributed by atoms with van der Waals surface area (Å²) in [5.74, 6) is -0.416. The molecule has 1 N–H and O–H groups in total. The highest BCUT2D eigenvalue weighted by Crippen LogP contribution is 2.42. The smallest absolute Gasteiger partial charge is 0.346 e. The van der Waals surface area contributed by atoms with E-state index in [1.807, 2.05) is 4.90 Å². The number of methoxy groups -OCH3 is 1. The Labute approximate surface area is 143 Å². The van der Waals surface area contributed by atoms with Crippen LogP contribution in [0.15, 0.2) is 24.3 Å². The summed E-state index contributed by atoms with van der Waals surface area (Å²) in [7, 11) is 1.55. The molecule has 124 valence electrons. The standard InChI is InChI=1S/C17H16N2O4S/c1-22-12-4-2-3-11(9-12)14-13(10-18)16(24-15(14)17(20)21)19-5-7-23-8-6-19/h2-4,9H,5-8H2,1H3,(H,20,21). The zero-order valence-corrected chi connectivity index (χ0v) is 13.9. The van der Waals surface area contributed by atoms with Gasteiger partial charge in [-0.05, 0) is 17.7 Å². The zero-order valence-electron chi connectivity index (χ0n) is 13.1. The highest BCUT2D eigenvalue weighted by atomic mass is 32.1. The molecule has 0 atom stereocenters. The molecule has 0 amide bonds. The predicted molar refractivity (Wildman–Crippen MR) is 91.0 cm³/mol. The fourth-order valence-corrected chi connectivity index (χ4v) is 3.88. The molecule has 0 bridgehead atoms. The fourth-order valence-electron chi connectivity index (χ4n) is 2.72. The van der Waals surface area contributed by atoms with Crippen LogP contribution in [0.4, 0.5) is 5.00 Å². The monoisotopic (exact) mass is 344 g/mol. The molecular formula is C17H16N2O4S. The van der Waals surface area contributed by atoms with Crippen LogP contribution in [0.3, 0.4) is 0 Å². The minimum absolute atomic E-state index is 0.168. The van der Waals surface area contributed by atoms with Crippen molar-refractivity contribution in [2.24, 2.45) is 0 Å². The van der Waals surface area contributed by atoms with Gasteiger partial charge in [0.25, 0.3) is 0 Å². The minimum atomic E-state index is -1.03. The van der Waals surface area contributed by atoms with Crippen molar-refractivity contribution in [1.29, 1.82) is 5.26 Å². The molecule has 1 aliphatic rings. The lowest BCUT2D eigenvalue weighted by Crippen LogP contribution is -2.36. The van der Waals surface area contributed by atoms with E-state index in [1.54, 1.807) is 31.4 Å². The molecule has 7 heteroatoms. The van der Waals surface area contributed by atoms with Gasteiger partial charge in [0.05, 0.1) is 25.9 Å². The molecule has 1 saturated heterocycles. The number of carboxylic acids is 1. The number of hydrogen-bond acceptors (Lipinski definition) is 6. The van der Waals surface area contributed by atoms with Gasteiger partial charge in [0.2, 0.25) is 0 Å². The highest BCUT2D eigenvalue weighted by Gasteiger charge is 2.27.